The van der Waals surface area contributed by atoms with Gasteiger partial charge in [-0.1, -0.05) is 0 Å². The fourth-order valence-electron chi connectivity index (χ4n) is 1.79. The molecule has 0 radical (unpaired) electrons. The Morgan fingerprint density at radius 1 is 1.38 bits per heavy atom. The Morgan fingerprint density at radius 3 is 2.75 bits per heavy atom. The highest BCUT2D eigenvalue weighted by Crippen LogP contribution is 2.13. The summed E-state index contributed by atoms with van der Waals surface area (Å²) >= 11 is 0. The smallest absolute Gasteiger partial charge is 0.251 e. The van der Waals surface area contributed by atoms with E-state index < -0.39 is 0 Å². The maximum absolute atomic E-state index is 11.7. The number of pyridine rings is 1. The number of nitrogens with one attached hydrogen (secondary N) is 1. The number of aromatic nitrogens is 1. The first-order valence-corrected chi connectivity index (χ1v) is 5.62. The van der Waals surface area contributed by atoms with Crippen LogP contribution in [0.2, 0.25) is 0 Å². The van der Waals surface area contributed by atoms with Crippen LogP contribution in [0.4, 0.5) is 0 Å². The van der Waals surface area contributed by atoms with Gasteiger partial charge in [0.15, 0.2) is 0 Å². The van der Waals surface area contributed by atoms with Gasteiger partial charge in [-0.15, -0.1) is 0 Å². The summed E-state index contributed by atoms with van der Waals surface area (Å²) in [5.41, 5.74) is 0.669. The van der Waals surface area contributed by atoms with Crippen LogP contribution < -0.4 is 5.32 Å². The molecule has 0 aliphatic carbocycles. The van der Waals surface area contributed by atoms with Crippen LogP contribution in [0.1, 0.15) is 23.2 Å². The summed E-state index contributed by atoms with van der Waals surface area (Å²) in [7, 11) is 0. The Kier molecular flexibility index (Phi) is 3.88. The average Bonchev–Trinajstić information content (AvgIpc) is 2.38. The van der Waals surface area contributed by atoms with E-state index in [9.17, 15) is 4.79 Å². The van der Waals surface area contributed by atoms with Crippen molar-refractivity contribution >= 4 is 5.91 Å². The fraction of sp³-hybridized carbons (Fsp3) is 0.500. The summed E-state index contributed by atoms with van der Waals surface area (Å²) in [4.78, 5) is 15.6. The van der Waals surface area contributed by atoms with Gasteiger partial charge in [0, 0.05) is 37.7 Å². The lowest BCUT2D eigenvalue weighted by atomic mass is 10.0. The van der Waals surface area contributed by atoms with Crippen molar-refractivity contribution in [2.45, 2.75) is 12.8 Å². The molecule has 4 nitrogen and oxygen atoms in total. The third-order valence-corrected chi connectivity index (χ3v) is 2.83. The van der Waals surface area contributed by atoms with E-state index in [1.165, 1.54) is 0 Å². The van der Waals surface area contributed by atoms with E-state index in [4.69, 9.17) is 4.74 Å². The summed E-state index contributed by atoms with van der Waals surface area (Å²) in [5.74, 6) is 0.536. The highest BCUT2D eigenvalue weighted by atomic mass is 16.5. The van der Waals surface area contributed by atoms with Gasteiger partial charge in [0.2, 0.25) is 0 Å². The lowest BCUT2D eigenvalue weighted by molar-refractivity contribution is 0.0642. The molecular weight excluding hydrogens is 204 g/mol. The summed E-state index contributed by atoms with van der Waals surface area (Å²) in [6.45, 7) is 2.37. The molecule has 0 spiro atoms. The first-order valence-electron chi connectivity index (χ1n) is 5.62. The molecule has 0 atom stereocenters. The Hall–Kier alpha value is -1.42. The summed E-state index contributed by atoms with van der Waals surface area (Å²) in [6.07, 6.45) is 5.33. The van der Waals surface area contributed by atoms with Gasteiger partial charge < -0.3 is 10.1 Å². The van der Waals surface area contributed by atoms with Gasteiger partial charge in [-0.2, -0.15) is 0 Å². The highest BCUT2D eigenvalue weighted by molar-refractivity contribution is 5.93. The molecule has 2 rings (SSSR count). The standard InChI is InChI=1S/C12H16N2O2/c15-12(11-1-5-13-6-2-11)14-9-10-3-7-16-8-4-10/h1-2,5-6,10H,3-4,7-9H2,(H,14,15). The van der Waals surface area contributed by atoms with Gasteiger partial charge in [-0.25, -0.2) is 0 Å². The number of hydrogen-bond donors (Lipinski definition) is 1. The van der Waals surface area contributed by atoms with Gasteiger partial charge >= 0.3 is 0 Å². The minimum atomic E-state index is -0.0195. The zero-order chi connectivity index (χ0) is 11.2. The number of carbonyl (C=O) groups is 1. The zero-order valence-electron chi connectivity index (χ0n) is 9.19. The summed E-state index contributed by atoms with van der Waals surface area (Å²) in [6, 6.07) is 3.44. The van der Waals surface area contributed by atoms with Crippen molar-refractivity contribution in [3.63, 3.8) is 0 Å². The van der Waals surface area contributed by atoms with Crippen LogP contribution in [0, 0.1) is 5.92 Å². The third kappa shape index (κ3) is 3.03. The average molecular weight is 220 g/mol. The van der Waals surface area contributed by atoms with Crippen molar-refractivity contribution in [3.05, 3.63) is 30.1 Å². The number of nitrogens with zero attached hydrogens (tertiary/aromatic N) is 1. The topological polar surface area (TPSA) is 51.2 Å². The molecule has 2 heterocycles. The second kappa shape index (κ2) is 5.61. The monoisotopic (exact) mass is 220 g/mol. The Labute approximate surface area is 95.0 Å². The molecule has 0 saturated carbocycles. The number of rotatable bonds is 3. The first-order chi connectivity index (χ1) is 7.86. The minimum Gasteiger partial charge on any atom is -0.381 e. The molecule has 16 heavy (non-hydrogen) atoms. The van der Waals surface area contributed by atoms with Crippen molar-refractivity contribution in [2.75, 3.05) is 19.8 Å². The van der Waals surface area contributed by atoms with Gasteiger partial charge in [-0.3, -0.25) is 9.78 Å². The van der Waals surface area contributed by atoms with Crippen LogP contribution in [-0.2, 0) is 4.74 Å². The molecule has 1 fully saturated rings. The third-order valence-electron chi connectivity index (χ3n) is 2.83. The van der Waals surface area contributed by atoms with Crippen LogP contribution in [0.5, 0.6) is 0 Å². The number of amides is 1. The van der Waals surface area contributed by atoms with Gasteiger partial charge in [0.1, 0.15) is 0 Å². The molecular formula is C12H16N2O2. The molecule has 86 valence electrons. The van der Waals surface area contributed by atoms with Gasteiger partial charge in [-0.05, 0) is 30.9 Å². The Balaban J connectivity index is 1.79. The summed E-state index contributed by atoms with van der Waals surface area (Å²) < 4.78 is 5.27. The van der Waals surface area contributed by atoms with Crippen LogP contribution in [0.25, 0.3) is 0 Å². The van der Waals surface area contributed by atoms with E-state index in [1.54, 1.807) is 24.5 Å². The lowest BCUT2D eigenvalue weighted by Crippen LogP contribution is -2.32. The SMILES string of the molecule is O=C(NCC1CCOCC1)c1ccncc1. The van der Waals surface area contributed by atoms with Crippen molar-refractivity contribution < 1.29 is 9.53 Å². The van der Waals surface area contributed by atoms with Crippen molar-refractivity contribution in [1.29, 1.82) is 0 Å². The first kappa shape index (κ1) is 11.1. The number of carbonyl (C=O) groups excluding carboxylic acids is 1. The fourth-order valence-corrected chi connectivity index (χ4v) is 1.79. The zero-order valence-corrected chi connectivity index (χ0v) is 9.19. The highest BCUT2D eigenvalue weighted by Gasteiger charge is 2.14. The predicted octanol–water partition coefficient (Wildman–Crippen LogP) is 1.24. The normalized spacial score (nSPS) is 17.0. The molecule has 1 aliphatic heterocycles. The van der Waals surface area contributed by atoms with E-state index >= 15 is 0 Å². The van der Waals surface area contributed by atoms with E-state index in [0.29, 0.717) is 11.5 Å². The predicted molar refractivity (Wildman–Crippen MR) is 60.1 cm³/mol. The molecule has 0 bridgehead atoms. The van der Waals surface area contributed by atoms with Crippen LogP contribution >= 0.6 is 0 Å². The van der Waals surface area contributed by atoms with Crippen LogP contribution in [-0.4, -0.2) is 30.6 Å². The van der Waals surface area contributed by atoms with Crippen molar-refractivity contribution in [3.8, 4) is 0 Å². The molecule has 1 N–H and O–H groups in total. The largest absolute Gasteiger partial charge is 0.381 e. The lowest BCUT2D eigenvalue weighted by Gasteiger charge is -2.22. The molecule has 1 aliphatic rings. The quantitative estimate of drug-likeness (QED) is 0.833. The second-order valence-electron chi connectivity index (χ2n) is 4.00. The minimum absolute atomic E-state index is 0.0195. The van der Waals surface area contributed by atoms with Crippen molar-refractivity contribution in [2.24, 2.45) is 5.92 Å². The van der Waals surface area contributed by atoms with E-state index in [-0.39, 0.29) is 5.91 Å². The molecule has 1 amide bonds. The van der Waals surface area contributed by atoms with E-state index in [0.717, 1.165) is 32.6 Å². The number of hydrogen-bond acceptors (Lipinski definition) is 3. The van der Waals surface area contributed by atoms with E-state index in [2.05, 4.69) is 10.3 Å². The van der Waals surface area contributed by atoms with E-state index in [1.807, 2.05) is 0 Å². The van der Waals surface area contributed by atoms with Crippen molar-refractivity contribution in [1.82, 2.24) is 10.3 Å². The van der Waals surface area contributed by atoms with Crippen LogP contribution in [0.15, 0.2) is 24.5 Å². The molecule has 0 unspecified atom stereocenters. The Bertz CT molecular complexity index is 334. The summed E-state index contributed by atoms with van der Waals surface area (Å²) in [5, 5.41) is 2.95. The Morgan fingerprint density at radius 2 is 2.06 bits per heavy atom. The molecule has 1 saturated heterocycles. The molecule has 1 aromatic heterocycles. The maximum atomic E-state index is 11.7. The van der Waals surface area contributed by atoms with Gasteiger partial charge in [0.05, 0.1) is 0 Å². The molecule has 4 heteroatoms. The number of ether oxygens (including phenoxy) is 1. The maximum Gasteiger partial charge on any atom is 0.251 e. The van der Waals surface area contributed by atoms with Crippen LogP contribution in [0.3, 0.4) is 0 Å². The van der Waals surface area contributed by atoms with Gasteiger partial charge in [0.25, 0.3) is 5.91 Å². The molecule has 1 aromatic rings. The second-order valence-corrected chi connectivity index (χ2v) is 4.00. The molecule has 0 aromatic carbocycles.